The molecule has 2 nitrogen and oxygen atoms in total. The predicted octanol–water partition coefficient (Wildman–Crippen LogP) is 4.17. The Morgan fingerprint density at radius 2 is 1.76 bits per heavy atom. The summed E-state index contributed by atoms with van der Waals surface area (Å²) in [7, 11) is 0. The van der Waals surface area contributed by atoms with Crippen molar-refractivity contribution in [1.29, 1.82) is 0 Å². The molecule has 0 bridgehead atoms. The minimum atomic E-state index is -0.0979. The summed E-state index contributed by atoms with van der Waals surface area (Å²) in [4.78, 5) is 25.1. The summed E-state index contributed by atoms with van der Waals surface area (Å²) in [5, 5.41) is 0. The lowest BCUT2D eigenvalue weighted by Gasteiger charge is -2.58. The SMILES string of the molecule is C[C@]12CCCCC1C(=O)C[C@@H]1[C@@H]2CC[C@]2(C)C(=O)CC[C@@H]12. The van der Waals surface area contributed by atoms with Gasteiger partial charge in [0.2, 0.25) is 0 Å². The monoisotopic (exact) mass is 288 g/mol. The van der Waals surface area contributed by atoms with E-state index in [4.69, 9.17) is 0 Å². The molecule has 4 rings (SSSR count). The molecule has 0 aromatic heterocycles. The number of ketones is 2. The highest BCUT2D eigenvalue weighted by Gasteiger charge is 2.61. The molecule has 4 aliphatic carbocycles. The Labute approximate surface area is 128 Å². The van der Waals surface area contributed by atoms with Gasteiger partial charge in [-0.2, -0.15) is 0 Å². The fourth-order valence-electron chi connectivity index (χ4n) is 6.87. The highest BCUT2D eigenvalue weighted by Crippen LogP contribution is 2.64. The van der Waals surface area contributed by atoms with Crippen molar-refractivity contribution in [2.24, 2.45) is 34.5 Å². The number of hydrogen-bond donors (Lipinski definition) is 0. The molecule has 2 heteroatoms. The topological polar surface area (TPSA) is 34.1 Å². The van der Waals surface area contributed by atoms with E-state index >= 15 is 0 Å². The summed E-state index contributed by atoms with van der Waals surface area (Å²) in [5.41, 5.74) is 0.143. The molecule has 0 radical (unpaired) electrons. The predicted molar refractivity (Wildman–Crippen MR) is 81.7 cm³/mol. The zero-order valence-electron chi connectivity index (χ0n) is 13.5. The zero-order valence-corrected chi connectivity index (χ0v) is 13.5. The van der Waals surface area contributed by atoms with Crippen LogP contribution in [0.3, 0.4) is 0 Å². The molecule has 4 saturated carbocycles. The molecule has 0 N–H and O–H groups in total. The highest BCUT2D eigenvalue weighted by molar-refractivity contribution is 5.88. The molecule has 0 heterocycles. The van der Waals surface area contributed by atoms with E-state index in [2.05, 4.69) is 13.8 Å². The van der Waals surface area contributed by atoms with Crippen LogP contribution in [-0.4, -0.2) is 11.6 Å². The molecule has 0 aromatic carbocycles. The van der Waals surface area contributed by atoms with Crippen LogP contribution in [0.4, 0.5) is 0 Å². The summed E-state index contributed by atoms with van der Waals surface area (Å²) in [5.74, 6) is 3.03. The maximum Gasteiger partial charge on any atom is 0.139 e. The van der Waals surface area contributed by atoms with Crippen LogP contribution in [0.2, 0.25) is 0 Å². The number of rotatable bonds is 0. The fourth-order valence-corrected chi connectivity index (χ4v) is 6.87. The second kappa shape index (κ2) is 4.43. The van der Waals surface area contributed by atoms with E-state index < -0.39 is 0 Å². The second-order valence-electron chi connectivity index (χ2n) is 8.77. The van der Waals surface area contributed by atoms with Gasteiger partial charge in [0.05, 0.1) is 0 Å². The molecule has 0 aromatic rings. The van der Waals surface area contributed by atoms with Crippen LogP contribution in [0.1, 0.15) is 71.6 Å². The van der Waals surface area contributed by atoms with Crippen molar-refractivity contribution in [2.45, 2.75) is 71.6 Å². The molecule has 6 atom stereocenters. The Kier molecular flexibility index (Phi) is 2.94. The average Bonchev–Trinajstić information content (AvgIpc) is 2.75. The van der Waals surface area contributed by atoms with Gasteiger partial charge < -0.3 is 0 Å². The molecule has 0 spiro atoms. The maximum absolute atomic E-state index is 12.8. The van der Waals surface area contributed by atoms with Crippen molar-refractivity contribution in [3.63, 3.8) is 0 Å². The van der Waals surface area contributed by atoms with Gasteiger partial charge in [0, 0.05) is 24.2 Å². The van der Waals surface area contributed by atoms with Crippen LogP contribution in [0.5, 0.6) is 0 Å². The lowest BCUT2D eigenvalue weighted by Crippen LogP contribution is -2.55. The van der Waals surface area contributed by atoms with Gasteiger partial charge in [-0.05, 0) is 55.3 Å². The van der Waals surface area contributed by atoms with Crippen molar-refractivity contribution >= 4 is 11.6 Å². The largest absolute Gasteiger partial charge is 0.299 e. The van der Waals surface area contributed by atoms with Crippen molar-refractivity contribution in [3.05, 3.63) is 0 Å². The van der Waals surface area contributed by atoms with Crippen LogP contribution in [0.25, 0.3) is 0 Å². The summed E-state index contributed by atoms with van der Waals surface area (Å²) in [6.07, 6.45) is 9.74. The lowest BCUT2D eigenvalue weighted by atomic mass is 9.45. The molecule has 0 saturated heterocycles. The van der Waals surface area contributed by atoms with Crippen LogP contribution >= 0.6 is 0 Å². The van der Waals surface area contributed by atoms with E-state index in [1.54, 1.807) is 0 Å². The quantitative estimate of drug-likeness (QED) is 0.670. The third kappa shape index (κ3) is 1.71. The van der Waals surface area contributed by atoms with Crippen molar-refractivity contribution in [1.82, 2.24) is 0 Å². The van der Waals surface area contributed by atoms with E-state index in [0.717, 1.165) is 32.1 Å². The summed E-state index contributed by atoms with van der Waals surface area (Å²) < 4.78 is 0. The molecular weight excluding hydrogens is 260 g/mol. The third-order valence-electron chi connectivity index (χ3n) is 8.07. The van der Waals surface area contributed by atoms with E-state index in [9.17, 15) is 9.59 Å². The van der Waals surface area contributed by atoms with E-state index in [-0.39, 0.29) is 10.8 Å². The molecule has 0 amide bonds. The molecule has 4 fully saturated rings. The fraction of sp³-hybridized carbons (Fsp3) is 0.895. The first-order valence-corrected chi connectivity index (χ1v) is 9.03. The van der Waals surface area contributed by atoms with Gasteiger partial charge in [0.1, 0.15) is 11.6 Å². The van der Waals surface area contributed by atoms with Gasteiger partial charge in [-0.15, -0.1) is 0 Å². The second-order valence-corrected chi connectivity index (χ2v) is 8.77. The van der Waals surface area contributed by atoms with Gasteiger partial charge in [-0.25, -0.2) is 0 Å². The number of fused-ring (bicyclic) bond motifs is 5. The summed E-state index contributed by atoms with van der Waals surface area (Å²) in [6, 6.07) is 0. The number of hydrogen-bond acceptors (Lipinski definition) is 2. The third-order valence-corrected chi connectivity index (χ3v) is 8.07. The van der Waals surface area contributed by atoms with Crippen LogP contribution in [0.15, 0.2) is 0 Å². The van der Waals surface area contributed by atoms with Gasteiger partial charge in [0.25, 0.3) is 0 Å². The lowest BCUT2D eigenvalue weighted by molar-refractivity contribution is -0.155. The van der Waals surface area contributed by atoms with E-state index in [0.29, 0.717) is 35.2 Å². The maximum atomic E-state index is 12.8. The molecule has 4 aliphatic rings. The van der Waals surface area contributed by atoms with Crippen LogP contribution in [0, 0.1) is 34.5 Å². The molecular formula is C19H28O2. The van der Waals surface area contributed by atoms with Crippen LogP contribution < -0.4 is 0 Å². The first-order valence-electron chi connectivity index (χ1n) is 9.03. The summed E-state index contributed by atoms with van der Waals surface area (Å²) in [6.45, 7) is 4.61. The first-order chi connectivity index (χ1) is 9.97. The number of carbonyl (C=O) groups excluding carboxylic acids is 2. The Balaban J connectivity index is 1.71. The van der Waals surface area contributed by atoms with Gasteiger partial charge in [-0.1, -0.05) is 26.7 Å². The van der Waals surface area contributed by atoms with Crippen molar-refractivity contribution in [3.8, 4) is 0 Å². The minimum Gasteiger partial charge on any atom is -0.299 e. The Morgan fingerprint density at radius 3 is 2.57 bits per heavy atom. The van der Waals surface area contributed by atoms with E-state index in [1.165, 1.54) is 25.7 Å². The standard InChI is InChI=1S/C19H28O2/c1-18-9-4-3-5-15(18)16(20)11-12-13-6-7-17(21)19(13,2)10-8-14(12)18/h12-15H,3-11H2,1-2H3/t12-,13-,14-,15?,18+,19-/m0/s1. The smallest absolute Gasteiger partial charge is 0.139 e. The Bertz CT molecular complexity index is 496. The van der Waals surface area contributed by atoms with Gasteiger partial charge >= 0.3 is 0 Å². The normalized spacial score (nSPS) is 53.0. The van der Waals surface area contributed by atoms with Crippen molar-refractivity contribution in [2.75, 3.05) is 0 Å². The number of carbonyl (C=O) groups is 2. The molecule has 0 aliphatic heterocycles. The van der Waals surface area contributed by atoms with Gasteiger partial charge in [0.15, 0.2) is 0 Å². The first kappa shape index (κ1) is 14.0. The molecule has 116 valence electrons. The minimum absolute atomic E-state index is 0.0979. The van der Waals surface area contributed by atoms with Gasteiger partial charge in [-0.3, -0.25) is 9.59 Å². The highest BCUT2D eigenvalue weighted by atomic mass is 16.1. The molecule has 21 heavy (non-hydrogen) atoms. The van der Waals surface area contributed by atoms with Crippen LogP contribution in [-0.2, 0) is 9.59 Å². The Hall–Kier alpha value is -0.660. The summed E-state index contributed by atoms with van der Waals surface area (Å²) >= 11 is 0. The molecule has 1 unspecified atom stereocenters. The zero-order chi connectivity index (χ0) is 14.8. The van der Waals surface area contributed by atoms with Crippen molar-refractivity contribution < 1.29 is 9.59 Å². The average molecular weight is 288 g/mol. The Morgan fingerprint density at radius 1 is 0.952 bits per heavy atom. The number of Topliss-reactive ketones (excluding diaryl/α,β-unsaturated/α-hetero) is 2. The van der Waals surface area contributed by atoms with E-state index in [1.807, 2.05) is 0 Å².